The van der Waals surface area contributed by atoms with Gasteiger partial charge in [0.25, 0.3) is 0 Å². The zero-order valence-electron chi connectivity index (χ0n) is 7.65. The van der Waals surface area contributed by atoms with Crippen LogP contribution in [-0.4, -0.2) is 5.11 Å². The molecule has 0 aliphatic heterocycles. The van der Waals surface area contributed by atoms with Crippen molar-refractivity contribution in [3.63, 3.8) is 0 Å². The zero-order chi connectivity index (χ0) is 10.8. The fraction of sp³-hybridized carbons (Fsp3) is 0.0909. The van der Waals surface area contributed by atoms with Crippen molar-refractivity contribution < 1.29 is 5.11 Å². The van der Waals surface area contributed by atoms with E-state index in [1.807, 2.05) is 23.6 Å². The van der Waals surface area contributed by atoms with E-state index < -0.39 is 6.10 Å². The number of rotatable bonds is 2. The molecule has 0 amide bonds. The van der Waals surface area contributed by atoms with Gasteiger partial charge in [-0.25, -0.2) is 0 Å². The number of hydrogen-bond acceptors (Lipinski definition) is 2. The molecule has 2 rings (SSSR count). The van der Waals surface area contributed by atoms with Gasteiger partial charge in [0.2, 0.25) is 0 Å². The lowest BCUT2D eigenvalue weighted by molar-refractivity contribution is 0.221. The molecule has 0 saturated carbocycles. The minimum Gasteiger partial charge on any atom is -0.384 e. The average molecular weight is 351 g/mol. The number of halogens is 2. The lowest BCUT2D eigenvalue weighted by Crippen LogP contribution is -1.97. The molecule has 1 atom stereocenters. The van der Waals surface area contributed by atoms with Crippen LogP contribution in [0.15, 0.2) is 35.7 Å². The highest BCUT2D eigenvalue weighted by Crippen LogP contribution is 2.27. The molecule has 78 valence electrons. The van der Waals surface area contributed by atoms with Gasteiger partial charge in [-0.15, -0.1) is 11.3 Å². The van der Waals surface area contributed by atoms with Crippen molar-refractivity contribution in [1.82, 2.24) is 0 Å². The van der Waals surface area contributed by atoms with Gasteiger partial charge >= 0.3 is 0 Å². The lowest BCUT2D eigenvalue weighted by atomic mass is 10.1. The maximum Gasteiger partial charge on any atom is 0.105 e. The molecule has 2 aromatic rings. The third-order valence-electron chi connectivity index (χ3n) is 2.09. The summed E-state index contributed by atoms with van der Waals surface area (Å²) in [5, 5.41) is 12.7. The molecule has 0 fully saturated rings. The lowest BCUT2D eigenvalue weighted by Gasteiger charge is -2.08. The van der Waals surface area contributed by atoms with Gasteiger partial charge in [-0.05, 0) is 57.3 Å². The van der Waals surface area contributed by atoms with Crippen LogP contribution >= 0.6 is 45.5 Å². The SMILES string of the molecule is OC(c1ccc(Cl)cc1)c1csc(I)c1. The smallest absolute Gasteiger partial charge is 0.105 e. The van der Waals surface area contributed by atoms with Gasteiger partial charge in [-0.1, -0.05) is 23.7 Å². The highest BCUT2D eigenvalue weighted by molar-refractivity contribution is 14.1. The number of thiophene rings is 1. The molecule has 0 saturated heterocycles. The van der Waals surface area contributed by atoms with E-state index in [0.717, 1.165) is 11.1 Å². The summed E-state index contributed by atoms with van der Waals surface area (Å²) in [6, 6.07) is 9.26. The van der Waals surface area contributed by atoms with Gasteiger partial charge in [0.1, 0.15) is 6.10 Å². The second-order valence-electron chi connectivity index (χ2n) is 3.14. The summed E-state index contributed by atoms with van der Waals surface area (Å²) < 4.78 is 1.18. The number of benzene rings is 1. The molecule has 0 bridgehead atoms. The summed E-state index contributed by atoms with van der Waals surface area (Å²) in [4.78, 5) is 0. The largest absolute Gasteiger partial charge is 0.384 e. The van der Waals surface area contributed by atoms with Crippen LogP contribution < -0.4 is 0 Å². The summed E-state index contributed by atoms with van der Waals surface area (Å²) in [7, 11) is 0. The van der Waals surface area contributed by atoms with E-state index in [0.29, 0.717) is 5.02 Å². The first-order valence-electron chi connectivity index (χ1n) is 4.34. The molecule has 0 aliphatic carbocycles. The number of aliphatic hydroxyl groups is 1. The summed E-state index contributed by atoms with van der Waals surface area (Å²) >= 11 is 9.66. The molecule has 1 nitrogen and oxygen atoms in total. The summed E-state index contributed by atoms with van der Waals surface area (Å²) in [5.41, 5.74) is 1.81. The number of aliphatic hydroxyl groups excluding tert-OH is 1. The summed E-state index contributed by atoms with van der Waals surface area (Å²) in [6.07, 6.45) is -0.554. The second kappa shape index (κ2) is 4.82. The van der Waals surface area contributed by atoms with Gasteiger partial charge in [0.05, 0.1) is 2.88 Å². The van der Waals surface area contributed by atoms with Gasteiger partial charge in [0.15, 0.2) is 0 Å². The Morgan fingerprint density at radius 3 is 2.40 bits per heavy atom. The van der Waals surface area contributed by atoms with Crippen LogP contribution in [0.1, 0.15) is 17.2 Å². The molecule has 1 N–H and O–H groups in total. The molecule has 0 radical (unpaired) electrons. The highest BCUT2D eigenvalue weighted by atomic mass is 127. The Hall–Kier alpha value is -0.100. The van der Waals surface area contributed by atoms with Crippen molar-refractivity contribution in [3.8, 4) is 0 Å². The molecular formula is C11H8ClIOS. The molecule has 4 heteroatoms. The fourth-order valence-corrected chi connectivity index (χ4v) is 2.82. The van der Waals surface area contributed by atoms with Gasteiger partial charge in [-0.3, -0.25) is 0 Å². The van der Waals surface area contributed by atoms with Crippen LogP contribution in [0.4, 0.5) is 0 Å². The van der Waals surface area contributed by atoms with E-state index in [2.05, 4.69) is 22.6 Å². The quantitative estimate of drug-likeness (QED) is 0.809. The zero-order valence-corrected chi connectivity index (χ0v) is 11.4. The van der Waals surface area contributed by atoms with Gasteiger partial charge in [0, 0.05) is 5.02 Å². The fourth-order valence-electron chi connectivity index (χ4n) is 1.30. The van der Waals surface area contributed by atoms with Crippen molar-refractivity contribution in [2.75, 3.05) is 0 Å². The molecular weight excluding hydrogens is 343 g/mol. The van der Waals surface area contributed by atoms with E-state index in [9.17, 15) is 5.11 Å². The maximum atomic E-state index is 10.1. The average Bonchev–Trinajstić information content (AvgIpc) is 2.65. The van der Waals surface area contributed by atoms with E-state index in [1.165, 1.54) is 2.88 Å². The van der Waals surface area contributed by atoms with Crippen LogP contribution in [0.25, 0.3) is 0 Å². The van der Waals surface area contributed by atoms with E-state index in [-0.39, 0.29) is 0 Å². The Morgan fingerprint density at radius 2 is 1.87 bits per heavy atom. The Balaban J connectivity index is 2.28. The van der Waals surface area contributed by atoms with Gasteiger partial charge < -0.3 is 5.11 Å². The predicted octanol–water partition coefficient (Wildman–Crippen LogP) is 4.09. The van der Waals surface area contributed by atoms with Crippen molar-refractivity contribution in [1.29, 1.82) is 0 Å². The molecule has 1 aromatic carbocycles. The molecule has 1 heterocycles. The predicted molar refractivity (Wildman–Crippen MR) is 72.5 cm³/mol. The molecule has 1 aromatic heterocycles. The highest BCUT2D eigenvalue weighted by Gasteiger charge is 2.11. The van der Waals surface area contributed by atoms with Crippen LogP contribution in [0, 0.1) is 2.88 Å². The molecule has 1 unspecified atom stereocenters. The molecule has 0 aliphatic rings. The Kier molecular flexibility index (Phi) is 3.66. The van der Waals surface area contributed by atoms with Crippen LogP contribution in [0.5, 0.6) is 0 Å². The summed E-state index contributed by atoms with van der Waals surface area (Å²) in [6.45, 7) is 0. The van der Waals surface area contributed by atoms with E-state index in [1.54, 1.807) is 23.5 Å². The van der Waals surface area contributed by atoms with Crippen molar-refractivity contribution in [2.24, 2.45) is 0 Å². The van der Waals surface area contributed by atoms with E-state index >= 15 is 0 Å². The first-order valence-corrected chi connectivity index (χ1v) is 6.68. The Bertz CT molecular complexity index is 452. The molecule has 15 heavy (non-hydrogen) atoms. The van der Waals surface area contributed by atoms with Crippen molar-refractivity contribution in [3.05, 3.63) is 54.7 Å². The van der Waals surface area contributed by atoms with Crippen LogP contribution in [0.3, 0.4) is 0 Å². The minimum atomic E-state index is -0.554. The van der Waals surface area contributed by atoms with Crippen molar-refractivity contribution >= 4 is 45.5 Å². The second-order valence-corrected chi connectivity index (χ2v) is 6.38. The maximum absolute atomic E-state index is 10.1. The topological polar surface area (TPSA) is 20.2 Å². The summed E-state index contributed by atoms with van der Waals surface area (Å²) in [5.74, 6) is 0. The standard InChI is InChI=1S/C11H8ClIOS/c12-9-3-1-7(2-4-9)11(14)8-5-10(13)15-6-8/h1-6,11,14H. The first kappa shape index (κ1) is 11.4. The van der Waals surface area contributed by atoms with Crippen molar-refractivity contribution in [2.45, 2.75) is 6.10 Å². The minimum absolute atomic E-state index is 0.554. The third-order valence-corrected chi connectivity index (χ3v) is 4.15. The monoisotopic (exact) mass is 350 g/mol. The Labute approximate surface area is 111 Å². The van der Waals surface area contributed by atoms with Crippen LogP contribution in [-0.2, 0) is 0 Å². The molecule has 0 spiro atoms. The first-order chi connectivity index (χ1) is 7.16. The normalized spacial score (nSPS) is 12.7. The Morgan fingerprint density at radius 1 is 1.20 bits per heavy atom. The third kappa shape index (κ3) is 2.72. The van der Waals surface area contributed by atoms with Gasteiger partial charge in [-0.2, -0.15) is 0 Å². The number of hydrogen-bond donors (Lipinski definition) is 1. The van der Waals surface area contributed by atoms with Crippen LogP contribution in [0.2, 0.25) is 5.02 Å². The van der Waals surface area contributed by atoms with E-state index in [4.69, 9.17) is 11.6 Å².